The number of hydrogen-bond acceptors (Lipinski definition) is 3. The fraction of sp³-hybridized carbons (Fsp3) is 0.312. The maximum Gasteiger partial charge on any atom is 0.264 e. The van der Waals surface area contributed by atoms with E-state index < -0.39 is 0 Å². The van der Waals surface area contributed by atoms with Crippen molar-refractivity contribution in [3.05, 3.63) is 46.3 Å². The number of nitrogens with one attached hydrogen (secondary N) is 1. The quantitative estimate of drug-likeness (QED) is 0.918. The third-order valence-corrected chi connectivity index (χ3v) is 5.08. The molecule has 5 heteroatoms. The number of rotatable bonds is 2. The minimum atomic E-state index is 0.134. The van der Waals surface area contributed by atoms with Crippen LogP contribution in [0.1, 0.15) is 16.6 Å². The maximum absolute atomic E-state index is 12.6. The highest BCUT2D eigenvalue weighted by molar-refractivity contribution is 7.17. The summed E-state index contributed by atoms with van der Waals surface area (Å²) in [7, 11) is 0. The molecule has 0 spiro atoms. The third-order valence-electron chi connectivity index (χ3n) is 3.71. The zero-order chi connectivity index (χ0) is 14.8. The number of carbonyl (C=O) groups excluding carboxylic acids is 1. The van der Waals surface area contributed by atoms with Crippen molar-refractivity contribution in [2.75, 3.05) is 19.6 Å². The van der Waals surface area contributed by atoms with Gasteiger partial charge in [-0.25, -0.2) is 0 Å². The van der Waals surface area contributed by atoms with Gasteiger partial charge in [0.1, 0.15) is 0 Å². The number of hydrogen-bond donors (Lipinski definition) is 1. The van der Waals surface area contributed by atoms with Crippen molar-refractivity contribution in [2.45, 2.75) is 13.0 Å². The summed E-state index contributed by atoms with van der Waals surface area (Å²) >= 11 is 7.45. The van der Waals surface area contributed by atoms with Crippen LogP contribution >= 0.6 is 22.9 Å². The van der Waals surface area contributed by atoms with E-state index in [4.69, 9.17) is 11.6 Å². The molecule has 110 valence electrons. The Morgan fingerprint density at radius 3 is 2.76 bits per heavy atom. The van der Waals surface area contributed by atoms with Crippen LogP contribution in [0.3, 0.4) is 0 Å². The molecular weight excluding hydrogens is 304 g/mol. The van der Waals surface area contributed by atoms with Crippen LogP contribution in [-0.4, -0.2) is 36.5 Å². The molecule has 1 amide bonds. The van der Waals surface area contributed by atoms with E-state index in [1.807, 2.05) is 41.3 Å². The van der Waals surface area contributed by atoms with Crippen molar-refractivity contribution in [1.29, 1.82) is 0 Å². The molecular formula is C16H17ClN2OS. The molecule has 0 radical (unpaired) electrons. The molecule has 1 aromatic carbocycles. The zero-order valence-corrected chi connectivity index (χ0v) is 13.4. The van der Waals surface area contributed by atoms with Gasteiger partial charge in [0, 0.05) is 35.6 Å². The smallest absolute Gasteiger partial charge is 0.264 e. The number of nitrogens with zero attached hydrogens (tertiary/aromatic N) is 1. The zero-order valence-electron chi connectivity index (χ0n) is 11.8. The standard InChI is InChI=1S/C16H17ClN2OS/c1-11-10-18-8-9-19(11)16(20)15-7-6-14(21-15)12-2-4-13(17)5-3-12/h2-7,11,18H,8-10H2,1H3/t11-/m1/s1. The van der Waals surface area contributed by atoms with Gasteiger partial charge in [0.25, 0.3) is 5.91 Å². The summed E-state index contributed by atoms with van der Waals surface area (Å²) < 4.78 is 0. The molecule has 1 saturated heterocycles. The summed E-state index contributed by atoms with van der Waals surface area (Å²) in [5, 5.41) is 4.03. The summed E-state index contributed by atoms with van der Waals surface area (Å²) in [4.78, 5) is 16.4. The highest BCUT2D eigenvalue weighted by Gasteiger charge is 2.25. The fourth-order valence-electron chi connectivity index (χ4n) is 2.51. The maximum atomic E-state index is 12.6. The topological polar surface area (TPSA) is 32.3 Å². The Bertz CT molecular complexity index is 638. The Labute approximate surface area is 133 Å². The molecule has 0 bridgehead atoms. The summed E-state index contributed by atoms with van der Waals surface area (Å²) in [5.74, 6) is 0.134. The van der Waals surface area contributed by atoms with Crippen LogP contribution in [0.25, 0.3) is 10.4 Å². The first kappa shape index (κ1) is 14.6. The molecule has 1 fully saturated rings. The van der Waals surface area contributed by atoms with Gasteiger partial charge in [0.15, 0.2) is 0 Å². The van der Waals surface area contributed by atoms with E-state index in [0.717, 1.165) is 40.0 Å². The third kappa shape index (κ3) is 3.12. The molecule has 1 N–H and O–H groups in total. The summed E-state index contributed by atoms with van der Waals surface area (Å²) in [6, 6.07) is 11.9. The first-order chi connectivity index (χ1) is 10.1. The number of piperazine rings is 1. The van der Waals surface area contributed by atoms with Gasteiger partial charge in [-0.3, -0.25) is 4.79 Å². The van der Waals surface area contributed by atoms with Gasteiger partial charge < -0.3 is 10.2 Å². The Hall–Kier alpha value is -1.36. The molecule has 0 unspecified atom stereocenters. The van der Waals surface area contributed by atoms with Crippen molar-refractivity contribution in [3.63, 3.8) is 0 Å². The van der Waals surface area contributed by atoms with Crippen molar-refractivity contribution in [1.82, 2.24) is 10.2 Å². The molecule has 1 aliphatic rings. The van der Waals surface area contributed by atoms with E-state index >= 15 is 0 Å². The van der Waals surface area contributed by atoms with Gasteiger partial charge in [0.05, 0.1) is 4.88 Å². The minimum absolute atomic E-state index is 0.134. The van der Waals surface area contributed by atoms with Crippen LogP contribution in [0.15, 0.2) is 36.4 Å². The van der Waals surface area contributed by atoms with Crippen molar-refractivity contribution < 1.29 is 4.79 Å². The minimum Gasteiger partial charge on any atom is -0.333 e. The van der Waals surface area contributed by atoms with E-state index in [1.165, 1.54) is 0 Å². The molecule has 0 aliphatic carbocycles. The lowest BCUT2D eigenvalue weighted by molar-refractivity contribution is 0.0661. The predicted octanol–water partition coefficient (Wildman–Crippen LogP) is 3.50. The second-order valence-electron chi connectivity index (χ2n) is 5.22. The van der Waals surface area contributed by atoms with E-state index in [2.05, 4.69) is 12.2 Å². The van der Waals surface area contributed by atoms with Crippen molar-refractivity contribution in [2.24, 2.45) is 0 Å². The second-order valence-corrected chi connectivity index (χ2v) is 6.74. The number of halogens is 1. The van der Waals surface area contributed by atoms with E-state index in [1.54, 1.807) is 11.3 Å². The summed E-state index contributed by atoms with van der Waals surface area (Å²) in [6.07, 6.45) is 0. The average Bonchev–Trinajstić information content (AvgIpc) is 2.98. The molecule has 1 aromatic heterocycles. The Morgan fingerprint density at radius 1 is 1.29 bits per heavy atom. The van der Waals surface area contributed by atoms with Crippen LogP contribution in [0.4, 0.5) is 0 Å². The lowest BCUT2D eigenvalue weighted by Gasteiger charge is -2.33. The van der Waals surface area contributed by atoms with Crippen LogP contribution in [0.5, 0.6) is 0 Å². The summed E-state index contributed by atoms with van der Waals surface area (Å²) in [6.45, 7) is 4.58. The first-order valence-electron chi connectivity index (χ1n) is 7.02. The SMILES string of the molecule is C[C@@H]1CNCCN1C(=O)c1ccc(-c2ccc(Cl)cc2)s1. The van der Waals surface area contributed by atoms with Gasteiger partial charge in [-0.15, -0.1) is 11.3 Å². The lowest BCUT2D eigenvalue weighted by Crippen LogP contribution is -2.52. The van der Waals surface area contributed by atoms with Gasteiger partial charge in [-0.2, -0.15) is 0 Å². The van der Waals surface area contributed by atoms with Gasteiger partial charge in [0.2, 0.25) is 0 Å². The average molecular weight is 321 g/mol. The van der Waals surface area contributed by atoms with Gasteiger partial charge in [-0.1, -0.05) is 23.7 Å². The van der Waals surface area contributed by atoms with Crippen LogP contribution < -0.4 is 5.32 Å². The number of thiophene rings is 1. The van der Waals surface area contributed by atoms with Crippen LogP contribution in [-0.2, 0) is 0 Å². The molecule has 0 saturated carbocycles. The Morgan fingerprint density at radius 2 is 2.05 bits per heavy atom. The first-order valence-corrected chi connectivity index (χ1v) is 8.22. The fourth-order valence-corrected chi connectivity index (χ4v) is 3.60. The van der Waals surface area contributed by atoms with Crippen LogP contribution in [0.2, 0.25) is 5.02 Å². The number of benzene rings is 1. The van der Waals surface area contributed by atoms with E-state index in [9.17, 15) is 4.79 Å². The number of amides is 1. The molecule has 3 nitrogen and oxygen atoms in total. The monoisotopic (exact) mass is 320 g/mol. The molecule has 3 rings (SSSR count). The molecule has 1 atom stereocenters. The number of carbonyl (C=O) groups is 1. The van der Waals surface area contributed by atoms with E-state index in [0.29, 0.717) is 0 Å². The summed E-state index contributed by atoms with van der Waals surface area (Å²) in [5.41, 5.74) is 1.09. The molecule has 21 heavy (non-hydrogen) atoms. The largest absolute Gasteiger partial charge is 0.333 e. The highest BCUT2D eigenvalue weighted by Crippen LogP contribution is 2.30. The normalized spacial score (nSPS) is 18.8. The van der Waals surface area contributed by atoms with Crippen LogP contribution in [0, 0.1) is 0 Å². The highest BCUT2D eigenvalue weighted by atomic mass is 35.5. The predicted molar refractivity (Wildman–Crippen MR) is 88.1 cm³/mol. The Kier molecular flexibility index (Phi) is 4.29. The Balaban J connectivity index is 1.81. The van der Waals surface area contributed by atoms with Gasteiger partial charge >= 0.3 is 0 Å². The molecule has 2 heterocycles. The lowest BCUT2D eigenvalue weighted by atomic mass is 10.2. The second kappa shape index (κ2) is 6.18. The van der Waals surface area contributed by atoms with Gasteiger partial charge in [-0.05, 0) is 36.8 Å². The molecule has 2 aromatic rings. The van der Waals surface area contributed by atoms with Crippen molar-refractivity contribution >= 4 is 28.8 Å². The van der Waals surface area contributed by atoms with Crippen molar-refractivity contribution in [3.8, 4) is 10.4 Å². The molecule has 1 aliphatic heterocycles. The van der Waals surface area contributed by atoms with E-state index in [-0.39, 0.29) is 11.9 Å².